The lowest BCUT2D eigenvalue weighted by Gasteiger charge is -2.31. The number of hydrogen-bond acceptors (Lipinski definition) is 6. The van der Waals surface area contributed by atoms with Gasteiger partial charge < -0.3 is 14.8 Å². The highest BCUT2D eigenvalue weighted by Crippen LogP contribution is 2.33. The summed E-state index contributed by atoms with van der Waals surface area (Å²) in [6.07, 6.45) is 4.67. The van der Waals surface area contributed by atoms with Crippen molar-refractivity contribution in [2.75, 3.05) is 44.8 Å². The molecular weight excluding hydrogens is 328 g/mol. The fourth-order valence-corrected chi connectivity index (χ4v) is 3.84. The Kier molecular flexibility index (Phi) is 5.43. The molecular formula is C20H26N4O2. The lowest BCUT2D eigenvalue weighted by atomic mass is 9.94. The first kappa shape index (κ1) is 17.4. The van der Waals surface area contributed by atoms with E-state index in [4.69, 9.17) is 9.47 Å². The van der Waals surface area contributed by atoms with Gasteiger partial charge in [-0.3, -0.25) is 9.88 Å². The molecule has 2 aliphatic rings. The number of ether oxygens (including phenoxy) is 2. The van der Waals surface area contributed by atoms with Crippen molar-refractivity contribution >= 4 is 5.82 Å². The van der Waals surface area contributed by atoms with Crippen LogP contribution in [0.5, 0.6) is 0 Å². The number of nitrogens with one attached hydrogen (secondary N) is 1. The van der Waals surface area contributed by atoms with Gasteiger partial charge in [0, 0.05) is 44.5 Å². The van der Waals surface area contributed by atoms with E-state index in [9.17, 15) is 0 Å². The van der Waals surface area contributed by atoms with Gasteiger partial charge in [-0.05, 0) is 30.7 Å². The van der Waals surface area contributed by atoms with Crippen molar-refractivity contribution in [3.63, 3.8) is 0 Å². The van der Waals surface area contributed by atoms with Crippen molar-refractivity contribution in [1.82, 2.24) is 14.9 Å². The Morgan fingerprint density at radius 3 is 2.85 bits per heavy atom. The minimum absolute atomic E-state index is 0.207. The number of pyridine rings is 2. The second-order valence-corrected chi connectivity index (χ2v) is 7.24. The Labute approximate surface area is 154 Å². The number of nitrogens with zero attached hydrogens (tertiary/aromatic N) is 3. The van der Waals surface area contributed by atoms with Crippen molar-refractivity contribution in [2.45, 2.75) is 18.6 Å². The molecule has 2 atom stereocenters. The average Bonchev–Trinajstić information content (AvgIpc) is 2.97. The van der Waals surface area contributed by atoms with Gasteiger partial charge >= 0.3 is 0 Å². The first-order valence-electron chi connectivity index (χ1n) is 9.30. The van der Waals surface area contributed by atoms with E-state index in [1.165, 1.54) is 0 Å². The van der Waals surface area contributed by atoms with Crippen molar-refractivity contribution in [2.24, 2.45) is 5.92 Å². The molecule has 6 heteroatoms. The molecule has 0 aliphatic carbocycles. The van der Waals surface area contributed by atoms with Crippen LogP contribution in [0, 0.1) is 5.92 Å². The predicted octanol–water partition coefficient (Wildman–Crippen LogP) is 2.20. The molecule has 2 saturated heterocycles. The van der Waals surface area contributed by atoms with Crippen molar-refractivity contribution in [1.29, 1.82) is 0 Å². The summed E-state index contributed by atoms with van der Waals surface area (Å²) in [6.45, 7) is 5.70. The molecule has 1 N–H and O–H groups in total. The Balaban J connectivity index is 1.34. The summed E-state index contributed by atoms with van der Waals surface area (Å²) in [5, 5.41) is 3.42. The number of rotatable bonds is 5. The van der Waals surface area contributed by atoms with Crippen LogP contribution in [0.15, 0.2) is 48.8 Å². The second kappa shape index (κ2) is 8.12. The third kappa shape index (κ3) is 4.38. The molecule has 4 rings (SSSR count). The molecule has 2 aromatic rings. The lowest BCUT2D eigenvalue weighted by Crippen LogP contribution is -2.44. The van der Waals surface area contributed by atoms with Crippen LogP contribution in [-0.4, -0.2) is 59.9 Å². The van der Waals surface area contributed by atoms with Gasteiger partial charge in [0.05, 0.1) is 25.5 Å². The van der Waals surface area contributed by atoms with Crippen LogP contribution in [-0.2, 0) is 16.0 Å². The molecule has 0 aromatic carbocycles. The molecule has 0 bridgehead atoms. The maximum absolute atomic E-state index is 6.28. The predicted molar refractivity (Wildman–Crippen MR) is 99.8 cm³/mol. The first-order valence-corrected chi connectivity index (χ1v) is 9.30. The van der Waals surface area contributed by atoms with E-state index in [-0.39, 0.29) is 5.60 Å². The summed E-state index contributed by atoms with van der Waals surface area (Å²) in [4.78, 5) is 11.2. The maximum Gasteiger partial charge on any atom is 0.125 e. The van der Waals surface area contributed by atoms with Gasteiger partial charge in [-0.15, -0.1) is 0 Å². The summed E-state index contributed by atoms with van der Waals surface area (Å²) in [5.74, 6) is 1.39. The number of aromatic nitrogens is 2. The van der Waals surface area contributed by atoms with Crippen molar-refractivity contribution in [3.8, 4) is 0 Å². The topological polar surface area (TPSA) is 59.5 Å². The summed E-state index contributed by atoms with van der Waals surface area (Å²) < 4.78 is 12.2. The fourth-order valence-electron chi connectivity index (χ4n) is 3.84. The van der Waals surface area contributed by atoms with Crippen LogP contribution in [0.3, 0.4) is 0 Å². The third-order valence-electron chi connectivity index (χ3n) is 5.06. The summed E-state index contributed by atoms with van der Waals surface area (Å²) >= 11 is 0. The minimum Gasteiger partial charge on any atom is -0.377 e. The van der Waals surface area contributed by atoms with Gasteiger partial charge in [0.15, 0.2) is 0 Å². The highest BCUT2D eigenvalue weighted by molar-refractivity contribution is 5.33. The molecule has 6 nitrogen and oxygen atoms in total. The quantitative estimate of drug-likeness (QED) is 0.888. The molecule has 2 fully saturated rings. The van der Waals surface area contributed by atoms with Crippen LogP contribution in [0.1, 0.15) is 12.1 Å². The SMILES string of the molecule is c1ccc(CN2CCOCC3(CC(CNc4ccccn4)CO3)C2)nc1. The zero-order valence-corrected chi connectivity index (χ0v) is 15.0. The molecule has 0 saturated carbocycles. The molecule has 138 valence electrons. The van der Waals surface area contributed by atoms with E-state index >= 15 is 0 Å². The average molecular weight is 354 g/mol. The van der Waals surface area contributed by atoms with Crippen LogP contribution >= 0.6 is 0 Å². The Hall–Kier alpha value is -2.02. The van der Waals surface area contributed by atoms with Gasteiger partial charge in [0.2, 0.25) is 0 Å². The summed E-state index contributed by atoms with van der Waals surface area (Å²) in [7, 11) is 0. The molecule has 2 unspecified atom stereocenters. The first-order chi connectivity index (χ1) is 12.8. The minimum atomic E-state index is -0.207. The number of anilines is 1. The van der Waals surface area contributed by atoms with Gasteiger partial charge in [-0.2, -0.15) is 0 Å². The molecule has 0 radical (unpaired) electrons. The third-order valence-corrected chi connectivity index (χ3v) is 5.06. The number of hydrogen-bond donors (Lipinski definition) is 1. The monoisotopic (exact) mass is 354 g/mol. The van der Waals surface area contributed by atoms with Crippen molar-refractivity contribution in [3.05, 3.63) is 54.5 Å². The zero-order valence-electron chi connectivity index (χ0n) is 15.0. The molecule has 26 heavy (non-hydrogen) atoms. The van der Waals surface area contributed by atoms with E-state index in [1.807, 2.05) is 42.7 Å². The Morgan fingerprint density at radius 1 is 1.15 bits per heavy atom. The van der Waals surface area contributed by atoms with Gasteiger partial charge in [0.1, 0.15) is 11.4 Å². The molecule has 4 heterocycles. The van der Waals surface area contributed by atoms with Crippen LogP contribution in [0.4, 0.5) is 5.82 Å². The maximum atomic E-state index is 6.28. The van der Waals surface area contributed by atoms with E-state index in [1.54, 1.807) is 0 Å². The van der Waals surface area contributed by atoms with Gasteiger partial charge in [-0.1, -0.05) is 12.1 Å². The largest absolute Gasteiger partial charge is 0.377 e. The molecule has 1 spiro atoms. The Morgan fingerprint density at radius 2 is 2.04 bits per heavy atom. The molecule has 0 amide bonds. The smallest absolute Gasteiger partial charge is 0.125 e. The van der Waals surface area contributed by atoms with E-state index in [0.29, 0.717) is 12.5 Å². The highest BCUT2D eigenvalue weighted by atomic mass is 16.5. The molecule has 2 aliphatic heterocycles. The van der Waals surface area contributed by atoms with Crippen LogP contribution in [0.25, 0.3) is 0 Å². The van der Waals surface area contributed by atoms with E-state index < -0.39 is 0 Å². The Bertz CT molecular complexity index is 685. The van der Waals surface area contributed by atoms with E-state index in [0.717, 1.165) is 57.3 Å². The lowest BCUT2D eigenvalue weighted by molar-refractivity contribution is -0.0563. The van der Waals surface area contributed by atoms with Crippen molar-refractivity contribution < 1.29 is 9.47 Å². The highest BCUT2D eigenvalue weighted by Gasteiger charge is 2.43. The van der Waals surface area contributed by atoms with Crippen LogP contribution < -0.4 is 5.32 Å². The summed E-state index contributed by atoms with van der Waals surface area (Å²) in [6, 6.07) is 12.0. The molecule has 2 aromatic heterocycles. The standard InChI is InChI=1S/C20H26N4O2/c1-3-7-21-18(5-1)13-24-9-10-25-16-20(15-24)11-17(14-26-20)12-23-19-6-2-4-8-22-19/h1-8,17H,9-16H2,(H,22,23). The normalized spacial score (nSPS) is 26.7. The fraction of sp³-hybridized carbons (Fsp3) is 0.500. The zero-order chi connectivity index (χ0) is 17.7. The van der Waals surface area contributed by atoms with E-state index in [2.05, 4.69) is 26.3 Å². The van der Waals surface area contributed by atoms with Crippen LogP contribution in [0.2, 0.25) is 0 Å². The second-order valence-electron chi connectivity index (χ2n) is 7.24. The van der Waals surface area contributed by atoms with Gasteiger partial charge in [0.25, 0.3) is 0 Å². The summed E-state index contributed by atoms with van der Waals surface area (Å²) in [5.41, 5.74) is 0.887. The van der Waals surface area contributed by atoms with Gasteiger partial charge in [-0.25, -0.2) is 4.98 Å².